The van der Waals surface area contributed by atoms with Gasteiger partial charge in [0.05, 0.1) is 28.9 Å². The number of nitrogens with one attached hydrogen (secondary N) is 4. The third kappa shape index (κ3) is 7.67. The number of hydrogen-bond acceptors (Lipinski definition) is 11. The Hall–Kier alpha value is -4.38. The highest BCUT2D eigenvalue weighted by atomic mass is 32.1. The van der Waals surface area contributed by atoms with Crippen LogP contribution in [0.2, 0.25) is 0 Å². The smallest absolute Gasteiger partial charge is 0.416 e. The van der Waals surface area contributed by atoms with Crippen LogP contribution < -0.4 is 31.5 Å². The first kappa shape index (κ1) is 33.5. The molecule has 0 saturated carbocycles. The van der Waals surface area contributed by atoms with Crippen LogP contribution in [-0.4, -0.2) is 86.3 Å². The lowest BCUT2D eigenvalue weighted by Crippen LogP contribution is -2.52. The number of alkyl halides is 3. The summed E-state index contributed by atoms with van der Waals surface area (Å²) in [6.07, 6.45) is -0.0913. The van der Waals surface area contributed by atoms with Gasteiger partial charge >= 0.3 is 12.3 Å². The molecule has 6 rings (SSSR count). The van der Waals surface area contributed by atoms with Gasteiger partial charge in [0.1, 0.15) is 0 Å². The molecule has 0 unspecified atom stereocenters. The summed E-state index contributed by atoms with van der Waals surface area (Å²) in [5, 5.41) is 7.28. The lowest BCUT2D eigenvalue weighted by atomic mass is 10.0. The van der Waals surface area contributed by atoms with Crippen molar-refractivity contribution in [2.75, 3.05) is 74.0 Å². The maximum atomic E-state index is 14.0. The van der Waals surface area contributed by atoms with Crippen molar-refractivity contribution < 1.29 is 27.5 Å². The highest BCUT2D eigenvalue weighted by Gasteiger charge is 2.33. The Morgan fingerprint density at radius 2 is 1.77 bits per heavy atom. The third-order valence-electron chi connectivity index (χ3n) is 8.85. The van der Waals surface area contributed by atoms with Crippen LogP contribution in [-0.2, 0) is 10.9 Å². The predicted molar refractivity (Wildman–Crippen MR) is 180 cm³/mol. The van der Waals surface area contributed by atoms with Crippen molar-refractivity contribution in [1.82, 2.24) is 25.7 Å². The molecule has 48 heavy (non-hydrogen) atoms. The minimum atomic E-state index is -4.57. The van der Waals surface area contributed by atoms with E-state index in [0.29, 0.717) is 41.3 Å². The van der Waals surface area contributed by atoms with Crippen molar-refractivity contribution in [3.63, 3.8) is 0 Å². The molecule has 1 aromatic heterocycles. The number of hydrazine groups is 2. The van der Waals surface area contributed by atoms with Crippen LogP contribution in [0.3, 0.4) is 0 Å². The Labute approximate surface area is 280 Å². The fourth-order valence-corrected chi connectivity index (χ4v) is 6.85. The van der Waals surface area contributed by atoms with Gasteiger partial charge in [0, 0.05) is 74.6 Å². The zero-order chi connectivity index (χ0) is 34.0. The first-order chi connectivity index (χ1) is 23.0. The minimum absolute atomic E-state index is 0.0813. The zero-order valence-corrected chi connectivity index (χ0v) is 27.7. The van der Waals surface area contributed by atoms with Gasteiger partial charge in [-0.05, 0) is 62.7 Å². The number of piperazine rings is 1. The summed E-state index contributed by atoms with van der Waals surface area (Å²) in [6, 6.07) is 9.25. The quantitative estimate of drug-likeness (QED) is 0.273. The number of methoxy groups -OCH3 is 1. The van der Waals surface area contributed by atoms with E-state index in [2.05, 4.69) is 48.2 Å². The molecule has 16 heteroatoms. The Morgan fingerprint density at radius 1 is 1.02 bits per heavy atom. The predicted octanol–water partition coefficient (Wildman–Crippen LogP) is 4.94. The van der Waals surface area contributed by atoms with Crippen LogP contribution in [0.25, 0.3) is 5.70 Å². The van der Waals surface area contributed by atoms with Gasteiger partial charge in [-0.15, -0.1) is 5.53 Å². The molecule has 0 radical (unpaired) electrons. The number of carbonyl (C=O) groups is 2. The van der Waals surface area contributed by atoms with E-state index in [4.69, 9.17) is 0 Å². The van der Waals surface area contributed by atoms with Gasteiger partial charge in [-0.2, -0.15) is 13.2 Å². The molecule has 12 nitrogen and oxygen atoms in total. The number of aromatic nitrogens is 1. The lowest BCUT2D eigenvalue weighted by Gasteiger charge is -2.42. The van der Waals surface area contributed by atoms with E-state index in [1.165, 1.54) is 24.5 Å². The second-order valence-electron chi connectivity index (χ2n) is 12.1. The maximum Gasteiger partial charge on any atom is 0.416 e. The summed E-state index contributed by atoms with van der Waals surface area (Å²) in [5.74, 6) is -0.535. The van der Waals surface area contributed by atoms with Gasteiger partial charge in [0.25, 0.3) is 5.91 Å². The molecule has 4 N–H and O–H groups in total. The molecule has 0 bridgehead atoms. The van der Waals surface area contributed by atoms with E-state index in [9.17, 15) is 22.8 Å². The number of aryl methyl sites for hydroxylation is 1. The van der Waals surface area contributed by atoms with E-state index < -0.39 is 23.7 Å². The number of rotatable bonds is 7. The number of likely N-dealkylation sites (N-methyl/N-ethyl adjacent to an activating group) is 1. The van der Waals surface area contributed by atoms with Crippen LogP contribution in [0, 0.1) is 6.92 Å². The Balaban J connectivity index is 1.16. The van der Waals surface area contributed by atoms with Gasteiger partial charge in [-0.25, -0.2) is 9.78 Å². The van der Waals surface area contributed by atoms with Gasteiger partial charge < -0.3 is 25.3 Å². The van der Waals surface area contributed by atoms with Crippen molar-refractivity contribution in [2.24, 2.45) is 0 Å². The normalized spacial score (nSPS) is 18.0. The SMILES string of the molecule is COC(=O)Nc1ncc(C2=CN(c3cc(C(=O)Nc4cc(N5CCC(N6CCN(C)CC6)CC5)cc(C(F)(F)F)c4)ccc3C)NN2)s1. The second kappa shape index (κ2) is 14.0. The molecule has 3 aliphatic rings. The molecule has 2 aromatic carbocycles. The number of ether oxygens (including phenoxy) is 1. The first-order valence-corrected chi connectivity index (χ1v) is 16.4. The van der Waals surface area contributed by atoms with Crippen molar-refractivity contribution in [3.8, 4) is 0 Å². The fourth-order valence-electron chi connectivity index (χ4n) is 6.08. The van der Waals surface area contributed by atoms with Crippen molar-refractivity contribution in [1.29, 1.82) is 0 Å². The molecular formula is C32H38F3N9O3S. The lowest BCUT2D eigenvalue weighted by molar-refractivity contribution is -0.137. The third-order valence-corrected chi connectivity index (χ3v) is 9.80. The number of nitrogens with zero attached hydrogens (tertiary/aromatic N) is 5. The van der Waals surface area contributed by atoms with Crippen molar-refractivity contribution in [2.45, 2.75) is 32.0 Å². The number of halogens is 3. The molecule has 0 spiro atoms. The van der Waals surface area contributed by atoms with E-state index in [-0.39, 0.29) is 11.3 Å². The second-order valence-corrected chi connectivity index (χ2v) is 13.1. The van der Waals surface area contributed by atoms with Crippen molar-refractivity contribution >= 4 is 51.2 Å². The first-order valence-electron chi connectivity index (χ1n) is 15.6. The zero-order valence-electron chi connectivity index (χ0n) is 26.9. The Morgan fingerprint density at radius 3 is 2.48 bits per heavy atom. The Bertz CT molecular complexity index is 1680. The molecule has 3 aliphatic heterocycles. The molecule has 0 atom stereocenters. The number of anilines is 4. The number of carbonyl (C=O) groups excluding carboxylic acids is 2. The number of thiazole rings is 1. The molecule has 2 amide bonds. The van der Waals surface area contributed by atoms with Crippen molar-refractivity contribution in [3.05, 3.63) is 70.4 Å². The molecule has 256 valence electrons. The molecule has 0 aliphatic carbocycles. The standard InChI is InChI=1S/C32H38F3N9O3S/c1-20-4-5-21(14-27(20)44-19-26(39-40-44)28-18-36-30(48-28)38-31(46)47-3)29(45)37-23-15-22(32(33,34)35)16-25(17-23)42-8-6-24(7-9-42)43-12-10-41(2)11-13-43/h4-5,14-19,24,39-40H,6-13H2,1-3H3,(H,37,45)(H,36,38,46). The van der Waals surface area contributed by atoms with Crippen LogP contribution >= 0.6 is 11.3 Å². The summed E-state index contributed by atoms with van der Waals surface area (Å²) < 4.78 is 46.7. The van der Waals surface area contributed by atoms with Crippen LogP contribution in [0.4, 0.5) is 40.2 Å². The monoisotopic (exact) mass is 685 g/mol. The van der Waals surface area contributed by atoms with Crippen LogP contribution in [0.1, 0.15) is 39.2 Å². The molecular weight excluding hydrogens is 647 g/mol. The molecule has 2 saturated heterocycles. The van der Waals surface area contributed by atoms with Gasteiger partial charge in [-0.3, -0.25) is 20.0 Å². The van der Waals surface area contributed by atoms with E-state index in [0.717, 1.165) is 55.5 Å². The number of benzene rings is 2. The van der Waals surface area contributed by atoms with E-state index in [1.807, 2.05) is 11.8 Å². The summed E-state index contributed by atoms with van der Waals surface area (Å²) >= 11 is 1.23. The molecule has 4 heterocycles. The highest BCUT2D eigenvalue weighted by molar-refractivity contribution is 7.16. The van der Waals surface area contributed by atoms with E-state index >= 15 is 0 Å². The van der Waals surface area contributed by atoms with Gasteiger partial charge in [0.15, 0.2) is 5.13 Å². The summed E-state index contributed by atoms with van der Waals surface area (Å²) in [4.78, 5) is 36.6. The maximum absolute atomic E-state index is 14.0. The highest BCUT2D eigenvalue weighted by Crippen LogP contribution is 2.36. The molecule has 2 fully saturated rings. The fraction of sp³-hybridized carbons (Fsp3) is 0.406. The van der Waals surface area contributed by atoms with Crippen LogP contribution in [0.5, 0.6) is 0 Å². The Kier molecular flexibility index (Phi) is 9.78. The average Bonchev–Trinajstić information content (AvgIpc) is 3.75. The van der Waals surface area contributed by atoms with E-state index in [1.54, 1.807) is 41.7 Å². The van der Waals surface area contributed by atoms with Crippen LogP contribution in [0.15, 0.2) is 48.8 Å². The summed E-state index contributed by atoms with van der Waals surface area (Å²) in [5.41, 5.74) is 8.22. The summed E-state index contributed by atoms with van der Waals surface area (Å²) in [6.45, 7) is 7.22. The minimum Gasteiger partial charge on any atom is -0.453 e. The van der Waals surface area contributed by atoms with Gasteiger partial charge in [0.2, 0.25) is 0 Å². The number of amides is 2. The van der Waals surface area contributed by atoms with Gasteiger partial charge in [-0.1, -0.05) is 17.4 Å². The molecule has 3 aromatic rings. The largest absolute Gasteiger partial charge is 0.453 e. The number of hydrogen-bond donors (Lipinski definition) is 4. The summed E-state index contributed by atoms with van der Waals surface area (Å²) in [7, 11) is 3.38. The average molecular weight is 686 g/mol. The number of piperidine rings is 1. The topological polar surface area (TPSA) is 117 Å².